The summed E-state index contributed by atoms with van der Waals surface area (Å²) in [6, 6.07) is 23.6. The molecule has 3 aromatic rings. The molecule has 0 saturated carbocycles. The van der Waals surface area contributed by atoms with Gasteiger partial charge in [0, 0.05) is 45.1 Å². The number of hydrogen-bond donors (Lipinski definition) is 1. The van der Waals surface area contributed by atoms with Crippen molar-refractivity contribution >= 4 is 46.0 Å². The maximum atomic E-state index is 13.7. The molecule has 0 radical (unpaired) electrons. The molecule has 4 rings (SSSR count). The number of carbonyl (C=O) groups excluding carboxylic acids is 3. The van der Waals surface area contributed by atoms with E-state index in [1.54, 1.807) is 48.3 Å². The summed E-state index contributed by atoms with van der Waals surface area (Å²) in [5, 5.41) is 2.72. The van der Waals surface area contributed by atoms with Gasteiger partial charge in [0.15, 0.2) is 0 Å². The zero-order valence-electron chi connectivity index (χ0n) is 19.6. The van der Waals surface area contributed by atoms with Crippen molar-refractivity contribution in [1.82, 2.24) is 0 Å². The molecule has 0 bridgehead atoms. The molecule has 34 heavy (non-hydrogen) atoms. The Balaban J connectivity index is 1.80. The molecule has 0 fully saturated rings. The number of nitrogens with one attached hydrogen (secondary N) is 1. The van der Waals surface area contributed by atoms with Crippen molar-refractivity contribution in [3.63, 3.8) is 0 Å². The number of nitrogens with zero attached hydrogens (tertiary/aromatic N) is 3. The Hall–Kier alpha value is -4.39. The average Bonchev–Trinajstić information content (AvgIpc) is 3.09. The second-order valence-corrected chi connectivity index (χ2v) is 8.23. The summed E-state index contributed by atoms with van der Waals surface area (Å²) < 4.78 is 0. The average molecular weight is 455 g/mol. The number of amides is 3. The minimum Gasteiger partial charge on any atom is -0.378 e. The maximum Gasteiger partial charge on any atom is 0.282 e. The molecule has 0 aromatic heterocycles. The number of carbonyl (C=O) groups is 3. The van der Waals surface area contributed by atoms with Gasteiger partial charge in [0.05, 0.1) is 11.3 Å². The van der Waals surface area contributed by atoms with Crippen LogP contribution < -0.4 is 20.0 Å². The molecule has 0 aliphatic carbocycles. The van der Waals surface area contributed by atoms with E-state index < -0.39 is 11.8 Å². The molecule has 1 aliphatic heterocycles. The van der Waals surface area contributed by atoms with E-state index >= 15 is 0 Å². The topological polar surface area (TPSA) is 73.0 Å². The molecule has 0 unspecified atom stereocenters. The van der Waals surface area contributed by atoms with Crippen LogP contribution in [0.2, 0.25) is 0 Å². The fourth-order valence-corrected chi connectivity index (χ4v) is 3.93. The Morgan fingerprint density at radius 2 is 1.38 bits per heavy atom. The molecule has 3 amide bonds. The lowest BCUT2D eigenvalue weighted by Crippen LogP contribution is -2.34. The Morgan fingerprint density at radius 3 is 1.94 bits per heavy atom. The minimum absolute atomic E-state index is 0.184. The highest BCUT2D eigenvalue weighted by Crippen LogP contribution is 2.36. The van der Waals surface area contributed by atoms with Crippen molar-refractivity contribution in [3.8, 4) is 0 Å². The molecule has 0 spiro atoms. The van der Waals surface area contributed by atoms with Crippen LogP contribution in [-0.4, -0.2) is 38.9 Å². The van der Waals surface area contributed by atoms with Crippen LogP contribution in [0, 0.1) is 0 Å². The van der Waals surface area contributed by atoms with Gasteiger partial charge in [0.25, 0.3) is 11.8 Å². The highest BCUT2D eigenvalue weighted by Gasteiger charge is 2.42. The van der Waals surface area contributed by atoms with E-state index in [9.17, 15) is 14.4 Å². The van der Waals surface area contributed by atoms with E-state index in [1.807, 2.05) is 61.5 Å². The summed E-state index contributed by atoms with van der Waals surface area (Å²) in [5.74, 6) is -0.974. The van der Waals surface area contributed by atoms with Crippen molar-refractivity contribution in [1.29, 1.82) is 0 Å². The van der Waals surface area contributed by atoms with Crippen LogP contribution in [0.4, 0.5) is 22.7 Å². The Morgan fingerprint density at radius 1 is 0.765 bits per heavy atom. The number of hydrogen-bond acceptors (Lipinski definition) is 5. The van der Waals surface area contributed by atoms with Gasteiger partial charge in [-0.15, -0.1) is 0 Å². The first-order valence-corrected chi connectivity index (χ1v) is 10.8. The largest absolute Gasteiger partial charge is 0.378 e. The van der Waals surface area contributed by atoms with Gasteiger partial charge in [-0.3, -0.25) is 14.4 Å². The van der Waals surface area contributed by atoms with E-state index in [-0.39, 0.29) is 5.91 Å². The highest BCUT2D eigenvalue weighted by molar-refractivity contribution is 6.46. The molecule has 0 saturated heterocycles. The van der Waals surface area contributed by atoms with E-state index in [2.05, 4.69) is 5.32 Å². The SMILES string of the molecule is CC(=O)Nc1ccc(C2=C(N(C)c3ccccc3)C(=O)N(c3ccc(N(C)C)cc3)C2=O)cc1. The van der Waals surface area contributed by atoms with Crippen LogP contribution in [-0.2, 0) is 14.4 Å². The van der Waals surface area contributed by atoms with Crippen LogP contribution in [0.3, 0.4) is 0 Å². The normalized spacial score (nSPS) is 13.4. The van der Waals surface area contributed by atoms with Gasteiger partial charge in [-0.2, -0.15) is 0 Å². The summed E-state index contributed by atoms with van der Waals surface area (Å²) in [5.41, 5.74) is 4.06. The third-order valence-corrected chi connectivity index (χ3v) is 5.66. The lowest BCUT2D eigenvalue weighted by Gasteiger charge is -2.22. The monoisotopic (exact) mass is 454 g/mol. The molecule has 0 atom stereocenters. The van der Waals surface area contributed by atoms with Crippen molar-refractivity contribution in [2.24, 2.45) is 0 Å². The van der Waals surface area contributed by atoms with Crippen LogP contribution >= 0.6 is 0 Å². The highest BCUT2D eigenvalue weighted by atomic mass is 16.2. The second kappa shape index (κ2) is 9.23. The van der Waals surface area contributed by atoms with Crippen LogP contribution in [0.5, 0.6) is 0 Å². The maximum absolute atomic E-state index is 13.7. The standard InChI is InChI=1S/C27H26N4O3/c1-18(32)28-20-12-10-19(11-13-20)24-25(30(4)22-8-6-5-7-9-22)27(34)31(26(24)33)23-16-14-21(15-17-23)29(2)3/h5-17H,1-4H3,(H,28,32). The predicted molar refractivity (Wildman–Crippen MR) is 136 cm³/mol. The van der Waals surface area contributed by atoms with E-state index in [0.29, 0.717) is 28.2 Å². The molecule has 7 nitrogen and oxygen atoms in total. The van der Waals surface area contributed by atoms with Gasteiger partial charge in [-0.1, -0.05) is 30.3 Å². The van der Waals surface area contributed by atoms with Crippen molar-refractivity contribution < 1.29 is 14.4 Å². The first kappa shape index (κ1) is 22.8. The third kappa shape index (κ3) is 4.28. The molecular formula is C27H26N4O3. The number of para-hydroxylation sites is 1. The van der Waals surface area contributed by atoms with Gasteiger partial charge in [0.1, 0.15) is 5.70 Å². The van der Waals surface area contributed by atoms with E-state index in [4.69, 9.17) is 0 Å². The number of imide groups is 1. The zero-order chi connectivity index (χ0) is 24.4. The molecule has 1 N–H and O–H groups in total. The van der Waals surface area contributed by atoms with Gasteiger partial charge in [0.2, 0.25) is 5.91 Å². The second-order valence-electron chi connectivity index (χ2n) is 8.23. The van der Waals surface area contributed by atoms with Gasteiger partial charge in [-0.05, 0) is 54.1 Å². The van der Waals surface area contributed by atoms with Crippen molar-refractivity contribution in [3.05, 3.63) is 90.1 Å². The van der Waals surface area contributed by atoms with Crippen LogP contribution in [0.15, 0.2) is 84.6 Å². The lowest BCUT2D eigenvalue weighted by molar-refractivity contribution is -0.120. The lowest BCUT2D eigenvalue weighted by atomic mass is 10.0. The first-order chi connectivity index (χ1) is 16.3. The smallest absolute Gasteiger partial charge is 0.282 e. The quantitative estimate of drug-likeness (QED) is 0.567. The van der Waals surface area contributed by atoms with Gasteiger partial charge in [-0.25, -0.2) is 4.90 Å². The Labute approximate surface area is 198 Å². The van der Waals surface area contributed by atoms with Crippen molar-refractivity contribution in [2.75, 3.05) is 41.2 Å². The van der Waals surface area contributed by atoms with Crippen molar-refractivity contribution in [2.45, 2.75) is 6.92 Å². The number of rotatable bonds is 6. The summed E-state index contributed by atoms with van der Waals surface area (Å²) in [6.45, 7) is 1.43. The summed E-state index contributed by atoms with van der Waals surface area (Å²) in [4.78, 5) is 43.7. The first-order valence-electron chi connectivity index (χ1n) is 10.8. The molecule has 172 valence electrons. The third-order valence-electron chi connectivity index (χ3n) is 5.66. The molecule has 1 heterocycles. The fourth-order valence-electron chi connectivity index (χ4n) is 3.93. The number of anilines is 4. The number of likely N-dealkylation sites (N-methyl/N-ethyl adjacent to an activating group) is 1. The Kier molecular flexibility index (Phi) is 6.19. The zero-order valence-corrected chi connectivity index (χ0v) is 19.6. The summed E-state index contributed by atoms with van der Waals surface area (Å²) in [7, 11) is 5.64. The minimum atomic E-state index is -0.396. The van der Waals surface area contributed by atoms with Crippen LogP contribution in [0.1, 0.15) is 12.5 Å². The molecule has 7 heteroatoms. The van der Waals surface area contributed by atoms with Crippen LogP contribution in [0.25, 0.3) is 5.57 Å². The van der Waals surface area contributed by atoms with Gasteiger partial charge >= 0.3 is 0 Å². The molecule has 1 aliphatic rings. The van der Waals surface area contributed by atoms with E-state index in [1.165, 1.54) is 11.8 Å². The number of benzene rings is 3. The molecular weight excluding hydrogens is 428 g/mol. The van der Waals surface area contributed by atoms with E-state index in [0.717, 1.165) is 11.4 Å². The Bertz CT molecular complexity index is 1260. The fraction of sp³-hybridized carbons (Fsp3) is 0.148. The van der Waals surface area contributed by atoms with Gasteiger partial charge < -0.3 is 15.1 Å². The summed E-state index contributed by atoms with van der Waals surface area (Å²) in [6.07, 6.45) is 0. The predicted octanol–water partition coefficient (Wildman–Crippen LogP) is 4.13. The molecule has 3 aromatic carbocycles. The summed E-state index contributed by atoms with van der Waals surface area (Å²) >= 11 is 0.